The molecule has 1 atom stereocenters. The van der Waals surface area contributed by atoms with Crippen LogP contribution in [0.2, 0.25) is 0 Å². The summed E-state index contributed by atoms with van der Waals surface area (Å²) in [7, 11) is 4.73. The molecule has 4 amide bonds. The van der Waals surface area contributed by atoms with Gasteiger partial charge in [0.05, 0.1) is 32.4 Å². The first-order valence-electron chi connectivity index (χ1n) is 12.6. The molecule has 1 saturated heterocycles. The molecule has 204 valence electrons. The summed E-state index contributed by atoms with van der Waals surface area (Å²) >= 11 is 0. The van der Waals surface area contributed by atoms with E-state index in [1.807, 2.05) is 18.7 Å². The van der Waals surface area contributed by atoms with Gasteiger partial charge in [-0.1, -0.05) is 0 Å². The number of amides is 4. The molecule has 0 aromatic heterocycles. The summed E-state index contributed by atoms with van der Waals surface area (Å²) in [4.78, 5) is 44.3. The van der Waals surface area contributed by atoms with Crippen LogP contribution in [-0.4, -0.2) is 99.4 Å². The van der Waals surface area contributed by atoms with Crippen molar-refractivity contribution < 1.29 is 28.6 Å². The Balaban J connectivity index is 1.96. The highest BCUT2D eigenvalue weighted by Gasteiger charge is 2.39. The Kier molecular flexibility index (Phi) is 9.62. The third-order valence-corrected chi connectivity index (χ3v) is 6.49. The SMILES string of the molecule is CCOC(=O)C1=C(CN2CCCN(C(=O)NC(C)C)CC2)N(C)C(=O)NC1c1ccc(OC)cc1OC. The Morgan fingerprint density at radius 1 is 1.14 bits per heavy atom. The predicted octanol–water partition coefficient (Wildman–Crippen LogP) is 2.34. The summed E-state index contributed by atoms with van der Waals surface area (Å²) in [6, 6.07) is 4.14. The van der Waals surface area contributed by atoms with Gasteiger partial charge in [0.2, 0.25) is 0 Å². The van der Waals surface area contributed by atoms with Gasteiger partial charge in [-0.05, 0) is 39.3 Å². The van der Waals surface area contributed by atoms with Crippen molar-refractivity contribution in [3.63, 3.8) is 0 Å². The maximum Gasteiger partial charge on any atom is 0.338 e. The number of hydrogen-bond acceptors (Lipinski definition) is 7. The molecule has 0 spiro atoms. The molecule has 37 heavy (non-hydrogen) atoms. The highest BCUT2D eigenvalue weighted by molar-refractivity contribution is 5.95. The largest absolute Gasteiger partial charge is 0.497 e. The molecule has 1 aromatic carbocycles. The topological polar surface area (TPSA) is 113 Å². The number of likely N-dealkylation sites (N-methyl/N-ethyl adjacent to an activating group) is 1. The van der Waals surface area contributed by atoms with E-state index in [1.165, 1.54) is 12.0 Å². The summed E-state index contributed by atoms with van der Waals surface area (Å²) < 4.78 is 16.3. The zero-order valence-electron chi connectivity index (χ0n) is 22.6. The summed E-state index contributed by atoms with van der Waals surface area (Å²) in [5.41, 5.74) is 1.54. The van der Waals surface area contributed by atoms with Crippen LogP contribution in [0.5, 0.6) is 11.5 Å². The molecule has 0 saturated carbocycles. The minimum Gasteiger partial charge on any atom is -0.497 e. The van der Waals surface area contributed by atoms with Gasteiger partial charge < -0.3 is 29.7 Å². The predicted molar refractivity (Wildman–Crippen MR) is 139 cm³/mol. The normalized spacial score (nSPS) is 18.9. The van der Waals surface area contributed by atoms with Crippen LogP contribution in [0.15, 0.2) is 29.5 Å². The fraction of sp³-hybridized carbons (Fsp3) is 0.577. The van der Waals surface area contributed by atoms with Crippen LogP contribution in [0.4, 0.5) is 9.59 Å². The molecule has 0 bridgehead atoms. The smallest absolute Gasteiger partial charge is 0.338 e. The number of ether oxygens (including phenoxy) is 3. The van der Waals surface area contributed by atoms with E-state index < -0.39 is 12.0 Å². The lowest BCUT2D eigenvalue weighted by Gasteiger charge is -2.37. The van der Waals surface area contributed by atoms with Crippen LogP contribution in [-0.2, 0) is 9.53 Å². The summed E-state index contributed by atoms with van der Waals surface area (Å²) in [6.07, 6.45) is 0.777. The number of rotatable bonds is 8. The van der Waals surface area contributed by atoms with Gasteiger partial charge in [-0.15, -0.1) is 0 Å². The number of nitrogens with zero attached hydrogens (tertiary/aromatic N) is 3. The van der Waals surface area contributed by atoms with E-state index in [0.717, 1.165) is 13.0 Å². The van der Waals surface area contributed by atoms with Crippen LogP contribution in [0.3, 0.4) is 0 Å². The number of urea groups is 2. The van der Waals surface area contributed by atoms with Crippen LogP contribution in [0.25, 0.3) is 0 Å². The van der Waals surface area contributed by atoms with Gasteiger partial charge in [0.15, 0.2) is 0 Å². The van der Waals surface area contributed by atoms with Crippen LogP contribution in [0.1, 0.15) is 38.8 Å². The van der Waals surface area contributed by atoms with E-state index >= 15 is 0 Å². The van der Waals surface area contributed by atoms with Gasteiger partial charge in [-0.2, -0.15) is 0 Å². The second kappa shape index (κ2) is 12.7. The van der Waals surface area contributed by atoms with Gasteiger partial charge in [0.25, 0.3) is 0 Å². The average molecular weight is 518 g/mol. The van der Waals surface area contributed by atoms with Crippen molar-refractivity contribution in [2.24, 2.45) is 0 Å². The first kappa shape index (κ1) is 28.1. The molecule has 2 heterocycles. The fourth-order valence-corrected chi connectivity index (χ4v) is 4.57. The third-order valence-electron chi connectivity index (χ3n) is 6.49. The standard InChI is InChI=1S/C26H39N5O6/c1-7-37-24(32)22-20(16-30-11-8-12-31(14-13-30)26(34)27-17(2)3)29(4)25(33)28-23(22)19-10-9-18(35-5)15-21(19)36-6/h9-10,15,17,23H,7-8,11-14,16H2,1-6H3,(H,27,34)(H,28,33). The van der Waals surface area contributed by atoms with E-state index in [9.17, 15) is 14.4 Å². The number of nitrogens with one attached hydrogen (secondary N) is 2. The second-order valence-electron chi connectivity index (χ2n) is 9.35. The number of benzene rings is 1. The maximum absolute atomic E-state index is 13.3. The molecule has 2 N–H and O–H groups in total. The number of methoxy groups -OCH3 is 2. The maximum atomic E-state index is 13.3. The van der Waals surface area contributed by atoms with Crippen molar-refractivity contribution in [3.8, 4) is 11.5 Å². The minimum atomic E-state index is -0.765. The highest BCUT2D eigenvalue weighted by Crippen LogP contribution is 2.37. The Bertz CT molecular complexity index is 1030. The Morgan fingerprint density at radius 3 is 2.54 bits per heavy atom. The van der Waals surface area contributed by atoms with Gasteiger partial charge in [-0.25, -0.2) is 14.4 Å². The first-order chi connectivity index (χ1) is 17.7. The van der Waals surface area contributed by atoms with Gasteiger partial charge in [0, 0.05) is 63.1 Å². The van der Waals surface area contributed by atoms with Crippen molar-refractivity contribution in [1.82, 2.24) is 25.3 Å². The van der Waals surface area contributed by atoms with Crippen LogP contribution < -0.4 is 20.1 Å². The van der Waals surface area contributed by atoms with Crippen LogP contribution in [0, 0.1) is 0 Å². The molecule has 0 radical (unpaired) electrons. The van der Waals surface area contributed by atoms with Crippen molar-refractivity contribution in [2.75, 3.05) is 60.6 Å². The number of hydrogen-bond donors (Lipinski definition) is 2. The molecule has 0 aliphatic carbocycles. The Morgan fingerprint density at radius 2 is 1.89 bits per heavy atom. The minimum absolute atomic E-state index is 0.0606. The lowest BCUT2D eigenvalue weighted by molar-refractivity contribution is -0.139. The molecule has 1 unspecified atom stereocenters. The average Bonchev–Trinajstić information content (AvgIpc) is 3.11. The molecule has 2 aliphatic heterocycles. The van der Waals surface area contributed by atoms with E-state index in [2.05, 4.69) is 15.5 Å². The fourth-order valence-electron chi connectivity index (χ4n) is 4.57. The van der Waals surface area contributed by atoms with Gasteiger partial charge in [0.1, 0.15) is 11.5 Å². The second-order valence-corrected chi connectivity index (χ2v) is 9.35. The molecule has 11 heteroatoms. The molecule has 1 fully saturated rings. The van der Waals surface area contributed by atoms with Crippen LogP contribution >= 0.6 is 0 Å². The van der Waals surface area contributed by atoms with Gasteiger partial charge in [-0.3, -0.25) is 9.80 Å². The molecular weight excluding hydrogens is 478 g/mol. The molecule has 3 rings (SSSR count). The first-order valence-corrected chi connectivity index (χ1v) is 12.6. The lowest BCUT2D eigenvalue weighted by atomic mass is 9.93. The monoisotopic (exact) mass is 517 g/mol. The zero-order chi connectivity index (χ0) is 27.1. The summed E-state index contributed by atoms with van der Waals surface area (Å²) in [6.45, 7) is 8.68. The van der Waals surface area contributed by atoms with E-state index in [1.54, 1.807) is 39.3 Å². The molecule has 1 aromatic rings. The Labute approximate surface area is 218 Å². The Hall–Kier alpha value is -3.47. The number of carbonyl (C=O) groups excluding carboxylic acids is 3. The number of carbonyl (C=O) groups is 3. The van der Waals surface area contributed by atoms with E-state index in [0.29, 0.717) is 54.5 Å². The van der Waals surface area contributed by atoms with E-state index in [4.69, 9.17) is 14.2 Å². The van der Waals surface area contributed by atoms with Crippen molar-refractivity contribution in [1.29, 1.82) is 0 Å². The molecule has 2 aliphatic rings. The quantitative estimate of drug-likeness (QED) is 0.509. The third kappa shape index (κ3) is 6.65. The van der Waals surface area contributed by atoms with Crippen molar-refractivity contribution in [2.45, 2.75) is 39.3 Å². The lowest BCUT2D eigenvalue weighted by Crippen LogP contribution is -2.49. The number of esters is 1. The molecular formula is C26H39N5O6. The summed E-state index contributed by atoms with van der Waals surface area (Å²) in [5.74, 6) is 0.578. The van der Waals surface area contributed by atoms with Gasteiger partial charge >= 0.3 is 18.0 Å². The molecule has 11 nitrogen and oxygen atoms in total. The highest BCUT2D eigenvalue weighted by atomic mass is 16.5. The van der Waals surface area contributed by atoms with Crippen molar-refractivity contribution >= 4 is 18.0 Å². The zero-order valence-corrected chi connectivity index (χ0v) is 22.6. The van der Waals surface area contributed by atoms with Crippen molar-refractivity contribution in [3.05, 3.63) is 35.0 Å². The van der Waals surface area contributed by atoms with E-state index in [-0.39, 0.29) is 24.7 Å². The summed E-state index contributed by atoms with van der Waals surface area (Å²) in [5, 5.41) is 5.88.